The van der Waals surface area contributed by atoms with Gasteiger partial charge in [-0.25, -0.2) is 0 Å². The predicted octanol–water partition coefficient (Wildman–Crippen LogP) is 21.9. The minimum absolute atomic E-state index is 0.0281. The van der Waals surface area contributed by atoms with Gasteiger partial charge in [0.25, 0.3) is 0 Å². The molecule has 0 atom stereocenters. The van der Waals surface area contributed by atoms with Crippen LogP contribution >= 0.6 is 11.3 Å². The molecule has 6 aliphatic rings. The second-order valence-electron chi connectivity index (χ2n) is 27.4. The number of hydrogen-bond acceptors (Lipinski definition) is 3. The fraction of sp³-hybridized carbons (Fsp3) is 0.273. The van der Waals surface area contributed by atoms with Crippen LogP contribution < -0.4 is 9.80 Å². The second kappa shape index (κ2) is 17.0. The maximum Gasteiger partial charge on any atom is 0.0540 e. The van der Waals surface area contributed by atoms with Gasteiger partial charge in [0.1, 0.15) is 0 Å². The molecule has 4 fully saturated rings. The van der Waals surface area contributed by atoms with Crippen molar-refractivity contribution in [1.82, 2.24) is 0 Å². The standard InChI is InChI=1S/C77H70N2S/c1-74(2,3)50-23-27-54(28-24-50)78(70-21-13-17-48-15-9-11-19-58(48)70)56-31-33-60-62-42-63-64-44-73-65(43-68(64)77(52-36-46-35-47(38-52)39-53(77)37-46)69(63)45-67(62)76(7,8)66(60)40-56)61-34-32-57(41-72(61)80-73)79(55-29-25-51(26-30-55)75(4,5)6)71-22-14-18-49-16-10-12-20-59(49)71/h9-34,40-47,52-53H,35-39H2,1-8H3. The molecule has 11 aromatic rings. The third-order valence-electron chi connectivity index (χ3n) is 20.5. The van der Waals surface area contributed by atoms with Gasteiger partial charge in [0.15, 0.2) is 0 Å². The average molecular weight is 1060 g/mol. The highest BCUT2D eigenvalue weighted by Gasteiger charge is 2.62. The first-order valence-electron chi connectivity index (χ1n) is 29.7. The number of hydrogen-bond donors (Lipinski definition) is 0. The zero-order valence-electron chi connectivity index (χ0n) is 47.6. The molecule has 80 heavy (non-hydrogen) atoms. The minimum Gasteiger partial charge on any atom is -0.310 e. The molecular formula is C77H70N2S. The highest BCUT2D eigenvalue weighted by molar-refractivity contribution is 7.25. The van der Waals surface area contributed by atoms with Gasteiger partial charge in [0, 0.05) is 64.5 Å². The zero-order chi connectivity index (χ0) is 54.2. The molecule has 10 aromatic carbocycles. The molecule has 1 spiro atoms. The number of nitrogens with zero attached hydrogens (tertiary/aromatic N) is 2. The molecule has 17 rings (SSSR count). The summed E-state index contributed by atoms with van der Waals surface area (Å²) in [6.07, 6.45) is 6.90. The van der Waals surface area contributed by atoms with E-state index in [4.69, 9.17) is 0 Å². The Balaban J connectivity index is 0.856. The van der Waals surface area contributed by atoms with Gasteiger partial charge in [0.2, 0.25) is 0 Å². The summed E-state index contributed by atoms with van der Waals surface area (Å²) in [4.78, 5) is 5.01. The molecule has 1 heterocycles. The molecule has 394 valence electrons. The molecule has 3 heteroatoms. The van der Waals surface area contributed by atoms with E-state index in [1.165, 1.54) is 152 Å². The number of fused-ring (bicyclic) bond motifs is 11. The molecule has 6 aliphatic carbocycles. The third kappa shape index (κ3) is 7.01. The average Bonchev–Trinajstić information content (AvgIpc) is 4.08. The van der Waals surface area contributed by atoms with Crippen molar-refractivity contribution < 1.29 is 0 Å². The summed E-state index contributed by atoms with van der Waals surface area (Å²) in [5.41, 5.74) is 21.8. The minimum atomic E-state index is -0.194. The van der Waals surface area contributed by atoms with Crippen LogP contribution in [0.25, 0.3) is 64.0 Å². The largest absolute Gasteiger partial charge is 0.310 e. The van der Waals surface area contributed by atoms with E-state index in [1.807, 2.05) is 11.3 Å². The van der Waals surface area contributed by atoms with Gasteiger partial charge in [-0.15, -0.1) is 11.3 Å². The Labute approximate surface area is 476 Å². The van der Waals surface area contributed by atoms with Crippen LogP contribution in [-0.4, -0.2) is 0 Å². The number of rotatable bonds is 6. The topological polar surface area (TPSA) is 6.48 Å². The van der Waals surface area contributed by atoms with Crippen LogP contribution in [0.4, 0.5) is 34.1 Å². The van der Waals surface area contributed by atoms with Crippen molar-refractivity contribution in [2.75, 3.05) is 9.80 Å². The number of benzene rings is 10. The van der Waals surface area contributed by atoms with Gasteiger partial charge in [-0.1, -0.05) is 171 Å². The summed E-state index contributed by atoms with van der Waals surface area (Å²) >= 11 is 1.98. The lowest BCUT2D eigenvalue weighted by atomic mass is 9.43. The van der Waals surface area contributed by atoms with E-state index < -0.39 is 0 Å². The van der Waals surface area contributed by atoms with Gasteiger partial charge in [-0.05, 0) is 212 Å². The van der Waals surface area contributed by atoms with Gasteiger partial charge in [0.05, 0.1) is 11.4 Å². The summed E-state index contributed by atoms with van der Waals surface area (Å²) < 4.78 is 2.74. The highest BCUT2D eigenvalue weighted by atomic mass is 32.1. The molecule has 1 aromatic heterocycles. The SMILES string of the molecule is CC(C)(C)c1ccc(N(c2ccc3c(c2)C(C)(C)c2cc4c(cc2-3)-c2cc3sc5cc(N(c6ccc(C(C)(C)C)cc6)c6cccc7ccccc67)ccc5c3cc2C42C3CC4CC(C3)CC2C4)c2cccc3ccccc23)cc1. The Bertz CT molecular complexity index is 4330. The number of thiophene rings is 1. The van der Waals surface area contributed by atoms with Crippen LogP contribution in [0.3, 0.4) is 0 Å². The molecule has 0 radical (unpaired) electrons. The van der Waals surface area contributed by atoms with Crippen LogP contribution in [0.2, 0.25) is 0 Å². The molecule has 0 amide bonds. The summed E-state index contributed by atoms with van der Waals surface area (Å²) in [5.74, 6) is 3.08. The van der Waals surface area contributed by atoms with E-state index in [0.717, 1.165) is 11.8 Å². The molecule has 0 N–H and O–H groups in total. The smallest absolute Gasteiger partial charge is 0.0540 e. The molecule has 0 aliphatic heterocycles. The Morgan fingerprint density at radius 1 is 0.375 bits per heavy atom. The van der Waals surface area contributed by atoms with Crippen molar-refractivity contribution >= 4 is 87.2 Å². The van der Waals surface area contributed by atoms with Crippen LogP contribution in [0.1, 0.15) is 121 Å². The number of anilines is 6. The lowest BCUT2D eigenvalue weighted by Crippen LogP contribution is -2.55. The van der Waals surface area contributed by atoms with E-state index >= 15 is 0 Å². The van der Waals surface area contributed by atoms with Crippen LogP contribution in [0.5, 0.6) is 0 Å². The Kier molecular flexibility index (Phi) is 10.3. The maximum absolute atomic E-state index is 2.79. The molecule has 0 unspecified atom stereocenters. The summed E-state index contributed by atoms with van der Waals surface area (Å²) in [7, 11) is 0. The maximum atomic E-state index is 2.79. The first-order valence-corrected chi connectivity index (χ1v) is 30.5. The van der Waals surface area contributed by atoms with E-state index in [9.17, 15) is 0 Å². The monoisotopic (exact) mass is 1050 g/mol. The quantitative estimate of drug-likeness (QED) is 0.164. The van der Waals surface area contributed by atoms with E-state index in [-0.39, 0.29) is 21.7 Å². The van der Waals surface area contributed by atoms with Crippen LogP contribution in [-0.2, 0) is 21.7 Å². The highest BCUT2D eigenvalue weighted by Crippen LogP contribution is 2.71. The molecular weight excluding hydrogens is 985 g/mol. The molecule has 4 bridgehead atoms. The summed E-state index contributed by atoms with van der Waals surface area (Å²) in [6, 6.07) is 75.5. The normalized spacial score (nSPS) is 21.1. The van der Waals surface area contributed by atoms with Crippen molar-refractivity contribution in [3.05, 3.63) is 228 Å². The molecule has 0 saturated heterocycles. The van der Waals surface area contributed by atoms with Gasteiger partial charge < -0.3 is 9.80 Å². The molecule has 4 saturated carbocycles. The Morgan fingerprint density at radius 2 is 0.838 bits per heavy atom. The van der Waals surface area contributed by atoms with E-state index in [2.05, 4.69) is 259 Å². The van der Waals surface area contributed by atoms with Crippen molar-refractivity contribution in [2.45, 2.75) is 109 Å². The summed E-state index contributed by atoms with van der Waals surface area (Å²) in [5, 5.41) is 7.82. The summed E-state index contributed by atoms with van der Waals surface area (Å²) in [6.45, 7) is 18.8. The second-order valence-corrected chi connectivity index (χ2v) is 28.5. The fourth-order valence-corrected chi connectivity index (χ4v) is 18.0. The third-order valence-corrected chi connectivity index (χ3v) is 21.6. The fourth-order valence-electron chi connectivity index (χ4n) is 16.8. The lowest BCUT2D eigenvalue weighted by molar-refractivity contribution is -0.0399. The Morgan fingerprint density at radius 3 is 1.41 bits per heavy atom. The van der Waals surface area contributed by atoms with Crippen molar-refractivity contribution in [3.8, 4) is 22.3 Å². The van der Waals surface area contributed by atoms with Crippen LogP contribution in [0.15, 0.2) is 194 Å². The van der Waals surface area contributed by atoms with Gasteiger partial charge in [-0.2, -0.15) is 0 Å². The lowest BCUT2D eigenvalue weighted by Gasteiger charge is -2.61. The first-order chi connectivity index (χ1) is 38.6. The molecule has 2 nitrogen and oxygen atoms in total. The van der Waals surface area contributed by atoms with E-state index in [1.54, 1.807) is 11.1 Å². The van der Waals surface area contributed by atoms with Crippen molar-refractivity contribution in [1.29, 1.82) is 0 Å². The van der Waals surface area contributed by atoms with Crippen molar-refractivity contribution in [3.63, 3.8) is 0 Å². The van der Waals surface area contributed by atoms with Gasteiger partial charge >= 0.3 is 0 Å². The van der Waals surface area contributed by atoms with Crippen molar-refractivity contribution in [2.24, 2.45) is 23.7 Å². The Hall–Kier alpha value is -7.46. The van der Waals surface area contributed by atoms with E-state index in [0.29, 0.717) is 11.8 Å². The zero-order valence-corrected chi connectivity index (χ0v) is 48.4. The van der Waals surface area contributed by atoms with Gasteiger partial charge in [-0.3, -0.25) is 0 Å². The predicted molar refractivity (Wildman–Crippen MR) is 342 cm³/mol. The first kappa shape index (κ1) is 48.4. The van der Waals surface area contributed by atoms with Crippen LogP contribution in [0, 0.1) is 23.7 Å².